The predicted octanol–water partition coefficient (Wildman–Crippen LogP) is 3.82. The number of morpholine rings is 1. The quantitative estimate of drug-likeness (QED) is 0.0845. The number of aliphatic hydroxyl groups excluding tert-OH is 1. The lowest BCUT2D eigenvalue weighted by atomic mass is 10.1. The number of aryl methyl sites for hydroxylation is 2. The largest absolute Gasteiger partial charge is 0.497 e. The maximum atomic E-state index is 13.4. The van der Waals surface area contributed by atoms with Gasteiger partial charge in [-0.3, -0.25) is 19.8 Å². The van der Waals surface area contributed by atoms with E-state index >= 15 is 0 Å². The molecule has 48 heavy (non-hydrogen) atoms. The number of methoxy groups -OCH3 is 1. The molecule has 1 fully saturated rings. The van der Waals surface area contributed by atoms with Gasteiger partial charge in [0.25, 0.3) is 5.91 Å². The van der Waals surface area contributed by atoms with Gasteiger partial charge in [0.15, 0.2) is 5.82 Å². The first kappa shape index (κ1) is 34.8. The fourth-order valence-electron chi connectivity index (χ4n) is 5.13. The van der Waals surface area contributed by atoms with Crippen molar-refractivity contribution < 1.29 is 28.9 Å². The van der Waals surface area contributed by atoms with E-state index in [4.69, 9.17) is 14.2 Å². The van der Waals surface area contributed by atoms with Crippen molar-refractivity contribution in [3.8, 4) is 5.75 Å². The van der Waals surface area contributed by atoms with Crippen LogP contribution in [0.3, 0.4) is 0 Å². The molecule has 3 heterocycles. The lowest BCUT2D eigenvalue weighted by Crippen LogP contribution is -2.38. The summed E-state index contributed by atoms with van der Waals surface area (Å²) in [5.41, 5.74) is 2.37. The van der Waals surface area contributed by atoms with Crippen LogP contribution in [0.4, 0.5) is 10.9 Å². The Labute approximate surface area is 283 Å². The van der Waals surface area contributed by atoms with E-state index in [2.05, 4.69) is 35.9 Å². The number of anilines is 2. The zero-order valence-corrected chi connectivity index (χ0v) is 27.7. The summed E-state index contributed by atoms with van der Waals surface area (Å²) in [7, 11) is 1.53. The molecule has 0 radical (unpaired) electrons. The third kappa shape index (κ3) is 11.0. The number of aliphatic hydroxyl groups is 1. The summed E-state index contributed by atoms with van der Waals surface area (Å²) in [4.78, 5) is 28.3. The van der Waals surface area contributed by atoms with Crippen LogP contribution in [-0.4, -0.2) is 88.5 Å². The van der Waals surface area contributed by atoms with E-state index in [1.165, 1.54) is 18.4 Å². The standard InChI is InChI=1S/C34H41N7O6S/c1-45-27-12-7-10-25(23-27)32(47-31(43)16-17-41-18-20-46-21-19-41)33(44)36-34-40-39-30(48-34)13-6-5-11-26-14-15-28(38-37-26)35-29(42)22-24-8-3-2-4-9-24/h2-4,7-10,12,14-15,23,29,32,42H,5-6,11,13,16-22H2,1H3,(H,35,38)(H,36,40,44). The third-order valence-electron chi connectivity index (χ3n) is 7.70. The molecule has 1 saturated heterocycles. The maximum Gasteiger partial charge on any atom is 0.308 e. The molecular formula is C34H41N7O6S. The van der Waals surface area contributed by atoms with E-state index in [9.17, 15) is 14.7 Å². The van der Waals surface area contributed by atoms with Gasteiger partial charge in [0, 0.05) is 38.0 Å². The van der Waals surface area contributed by atoms with Crippen molar-refractivity contribution in [1.82, 2.24) is 25.3 Å². The van der Waals surface area contributed by atoms with Crippen molar-refractivity contribution in [3.05, 3.63) is 88.6 Å². The van der Waals surface area contributed by atoms with Crippen molar-refractivity contribution in [2.75, 3.05) is 50.6 Å². The number of amides is 1. The van der Waals surface area contributed by atoms with E-state index < -0.39 is 24.2 Å². The molecule has 1 amide bonds. The van der Waals surface area contributed by atoms with Crippen LogP contribution in [0, 0.1) is 0 Å². The average Bonchev–Trinajstić information content (AvgIpc) is 3.56. The van der Waals surface area contributed by atoms with E-state index in [1.54, 1.807) is 24.3 Å². The second-order valence-electron chi connectivity index (χ2n) is 11.3. The minimum atomic E-state index is -1.18. The Hall–Kier alpha value is -4.50. The number of nitrogens with zero attached hydrogens (tertiary/aromatic N) is 5. The summed E-state index contributed by atoms with van der Waals surface area (Å²) in [5.74, 6) is 0.0690. The fourth-order valence-corrected chi connectivity index (χ4v) is 5.91. The first-order chi connectivity index (χ1) is 23.4. The summed E-state index contributed by atoms with van der Waals surface area (Å²) in [6, 6.07) is 20.4. The molecule has 2 aromatic heterocycles. The van der Waals surface area contributed by atoms with Crippen molar-refractivity contribution in [2.24, 2.45) is 0 Å². The number of aromatic nitrogens is 4. The first-order valence-electron chi connectivity index (χ1n) is 16.0. The van der Waals surface area contributed by atoms with Crippen molar-refractivity contribution in [3.63, 3.8) is 0 Å². The highest BCUT2D eigenvalue weighted by Crippen LogP contribution is 2.26. The van der Waals surface area contributed by atoms with Crippen molar-refractivity contribution in [1.29, 1.82) is 0 Å². The highest BCUT2D eigenvalue weighted by molar-refractivity contribution is 7.15. The van der Waals surface area contributed by atoms with Gasteiger partial charge in [-0.2, -0.15) is 5.10 Å². The van der Waals surface area contributed by atoms with Gasteiger partial charge in [-0.25, -0.2) is 0 Å². The molecular weight excluding hydrogens is 634 g/mol. The number of benzene rings is 2. The number of unbranched alkanes of at least 4 members (excludes halogenated alkanes) is 1. The van der Waals surface area contributed by atoms with Gasteiger partial charge in [-0.05, 0) is 49.1 Å². The number of esters is 1. The van der Waals surface area contributed by atoms with E-state index in [0.717, 1.165) is 48.6 Å². The van der Waals surface area contributed by atoms with Crippen molar-refractivity contribution in [2.45, 2.75) is 50.9 Å². The number of hydrogen-bond acceptors (Lipinski definition) is 13. The topological polar surface area (TPSA) is 161 Å². The average molecular weight is 676 g/mol. The Morgan fingerprint density at radius 1 is 0.979 bits per heavy atom. The van der Waals surface area contributed by atoms with Gasteiger partial charge in [-0.1, -0.05) is 53.8 Å². The van der Waals surface area contributed by atoms with E-state index in [-0.39, 0.29) is 6.42 Å². The molecule has 1 aliphatic rings. The Morgan fingerprint density at radius 2 is 1.79 bits per heavy atom. The Bertz CT molecular complexity index is 1580. The van der Waals surface area contributed by atoms with E-state index in [0.29, 0.717) is 54.9 Å². The predicted molar refractivity (Wildman–Crippen MR) is 181 cm³/mol. The second-order valence-corrected chi connectivity index (χ2v) is 12.4. The van der Waals surface area contributed by atoms with E-state index in [1.807, 2.05) is 42.5 Å². The number of hydrogen-bond donors (Lipinski definition) is 3. The molecule has 2 unspecified atom stereocenters. The molecule has 254 valence electrons. The number of rotatable bonds is 17. The molecule has 5 rings (SSSR count). The van der Waals surface area contributed by atoms with Gasteiger partial charge < -0.3 is 24.6 Å². The summed E-state index contributed by atoms with van der Waals surface area (Å²) in [6.07, 6.45) is 1.80. The van der Waals surface area contributed by atoms with Crippen LogP contribution >= 0.6 is 11.3 Å². The van der Waals surface area contributed by atoms with Crippen molar-refractivity contribution >= 4 is 34.2 Å². The molecule has 0 spiro atoms. The monoisotopic (exact) mass is 675 g/mol. The van der Waals surface area contributed by atoms with Crippen LogP contribution in [-0.2, 0) is 38.3 Å². The molecule has 1 aliphatic heterocycles. The highest BCUT2D eigenvalue weighted by atomic mass is 32.1. The van der Waals surface area contributed by atoms with Gasteiger partial charge in [-0.15, -0.1) is 15.3 Å². The molecule has 2 atom stereocenters. The number of carbonyl (C=O) groups excluding carboxylic acids is 2. The zero-order valence-electron chi connectivity index (χ0n) is 26.9. The number of nitrogens with one attached hydrogen (secondary N) is 2. The van der Waals surface area contributed by atoms with Gasteiger partial charge in [0.05, 0.1) is 32.4 Å². The first-order valence-corrected chi connectivity index (χ1v) is 16.8. The summed E-state index contributed by atoms with van der Waals surface area (Å²) >= 11 is 1.29. The van der Waals surface area contributed by atoms with Crippen LogP contribution in [0.15, 0.2) is 66.7 Å². The van der Waals surface area contributed by atoms with Crippen LogP contribution in [0.25, 0.3) is 0 Å². The lowest BCUT2D eigenvalue weighted by Gasteiger charge is -2.26. The Balaban J connectivity index is 1.07. The highest BCUT2D eigenvalue weighted by Gasteiger charge is 2.27. The fraction of sp³-hybridized carbons (Fsp3) is 0.412. The summed E-state index contributed by atoms with van der Waals surface area (Å²) in [6.45, 7) is 3.32. The van der Waals surface area contributed by atoms with Gasteiger partial charge in [0.1, 0.15) is 17.0 Å². The van der Waals surface area contributed by atoms with Gasteiger partial charge in [0.2, 0.25) is 11.2 Å². The normalized spacial score (nSPS) is 14.5. The summed E-state index contributed by atoms with van der Waals surface area (Å²) < 4.78 is 16.4. The molecule has 13 nitrogen and oxygen atoms in total. The molecule has 3 N–H and O–H groups in total. The summed E-state index contributed by atoms with van der Waals surface area (Å²) in [5, 5.41) is 34.0. The molecule has 0 bridgehead atoms. The van der Waals surface area contributed by atoms with Crippen LogP contribution in [0.2, 0.25) is 0 Å². The van der Waals surface area contributed by atoms with Crippen LogP contribution < -0.4 is 15.4 Å². The Morgan fingerprint density at radius 3 is 2.56 bits per heavy atom. The maximum absolute atomic E-state index is 13.4. The zero-order chi connectivity index (χ0) is 33.6. The SMILES string of the molecule is COc1cccc(C(OC(=O)CCN2CCOCC2)C(=O)Nc2nnc(CCCCc3ccc(NC(O)Cc4ccccc4)nn3)s2)c1. The lowest BCUT2D eigenvalue weighted by molar-refractivity contribution is -0.155. The second kappa shape index (κ2) is 18.2. The molecule has 0 aliphatic carbocycles. The van der Waals surface area contributed by atoms with Crippen LogP contribution in [0.5, 0.6) is 5.75 Å². The van der Waals surface area contributed by atoms with Crippen LogP contribution in [0.1, 0.15) is 47.2 Å². The molecule has 14 heteroatoms. The molecule has 0 saturated carbocycles. The number of carbonyl (C=O) groups is 2. The smallest absolute Gasteiger partial charge is 0.308 e. The minimum absolute atomic E-state index is 0.154. The molecule has 2 aromatic carbocycles. The van der Waals surface area contributed by atoms with Gasteiger partial charge >= 0.3 is 5.97 Å². The third-order valence-corrected chi connectivity index (χ3v) is 8.59. The Kier molecular flexibility index (Phi) is 13.2. The molecule has 4 aromatic rings. The number of ether oxygens (including phenoxy) is 3. The minimum Gasteiger partial charge on any atom is -0.497 e.